The Morgan fingerprint density at radius 1 is 0.950 bits per heavy atom. The molecular formula is C16H17N3O. The van der Waals surface area contributed by atoms with E-state index in [2.05, 4.69) is 9.97 Å². The number of hydrogen-bond donors (Lipinski definition) is 0. The van der Waals surface area contributed by atoms with Crippen LogP contribution in [0.2, 0.25) is 0 Å². The molecule has 102 valence electrons. The van der Waals surface area contributed by atoms with Gasteiger partial charge in [0.2, 0.25) is 0 Å². The van der Waals surface area contributed by atoms with Gasteiger partial charge in [0.1, 0.15) is 17.5 Å². The van der Waals surface area contributed by atoms with Gasteiger partial charge in [-0.25, -0.2) is 4.98 Å². The number of nitrogens with zero attached hydrogens (tertiary/aromatic N) is 3. The quantitative estimate of drug-likeness (QED) is 0.745. The lowest BCUT2D eigenvalue weighted by Gasteiger charge is -1.95. The van der Waals surface area contributed by atoms with E-state index in [1.807, 2.05) is 45.9 Å². The molecular weight excluding hydrogens is 250 g/mol. The summed E-state index contributed by atoms with van der Waals surface area (Å²) in [5.74, 6) is 0. The molecule has 0 aromatic carbocycles. The minimum Gasteiger partial charge on any atom is -0.296 e. The Bertz CT molecular complexity index is 617. The fraction of sp³-hybridized carbons (Fsp3) is 0.250. The van der Waals surface area contributed by atoms with Crippen molar-refractivity contribution in [2.75, 3.05) is 0 Å². The lowest BCUT2D eigenvalue weighted by atomic mass is 10.2. The predicted octanol–water partition coefficient (Wildman–Crippen LogP) is 3.08. The van der Waals surface area contributed by atoms with Crippen molar-refractivity contribution < 1.29 is 4.79 Å². The average molecular weight is 267 g/mol. The second-order valence-electron chi connectivity index (χ2n) is 4.61. The molecule has 2 heterocycles. The first-order valence-electron chi connectivity index (χ1n) is 6.20. The first-order chi connectivity index (χ1) is 9.44. The number of aromatic nitrogens is 2. The molecule has 4 nitrogen and oxygen atoms in total. The summed E-state index contributed by atoms with van der Waals surface area (Å²) >= 11 is 0. The van der Waals surface area contributed by atoms with Crippen LogP contribution in [0.4, 0.5) is 0 Å². The third-order valence-electron chi connectivity index (χ3n) is 2.45. The van der Waals surface area contributed by atoms with Crippen LogP contribution in [-0.4, -0.2) is 16.3 Å². The molecule has 0 amide bonds. The van der Waals surface area contributed by atoms with Crippen LogP contribution in [0.25, 0.3) is 0 Å². The molecule has 2 aromatic rings. The fourth-order valence-electron chi connectivity index (χ4n) is 1.83. The number of nitriles is 1. The summed E-state index contributed by atoms with van der Waals surface area (Å²) in [6, 6.07) is 9.41. The minimum atomic E-state index is 0.498. The van der Waals surface area contributed by atoms with Gasteiger partial charge in [-0.15, -0.1) is 0 Å². The summed E-state index contributed by atoms with van der Waals surface area (Å²) in [6.07, 6.45) is 0.764. The summed E-state index contributed by atoms with van der Waals surface area (Å²) in [7, 11) is 0. The van der Waals surface area contributed by atoms with Crippen molar-refractivity contribution >= 4 is 6.29 Å². The summed E-state index contributed by atoms with van der Waals surface area (Å²) in [4.78, 5) is 18.2. The SMILES string of the molecule is Cc1cc(C)nc(C#N)c1.Cc1cc(C)nc(C=O)c1. The molecule has 0 spiro atoms. The van der Waals surface area contributed by atoms with Gasteiger partial charge in [-0.05, 0) is 63.1 Å². The molecule has 2 rings (SSSR count). The number of carbonyl (C=O) groups excluding carboxylic acids is 1. The van der Waals surface area contributed by atoms with Crippen molar-refractivity contribution in [3.63, 3.8) is 0 Å². The van der Waals surface area contributed by atoms with E-state index in [1.165, 1.54) is 0 Å². The topological polar surface area (TPSA) is 66.6 Å². The van der Waals surface area contributed by atoms with Crippen LogP contribution in [0.15, 0.2) is 24.3 Å². The van der Waals surface area contributed by atoms with Gasteiger partial charge in [0.25, 0.3) is 0 Å². The zero-order chi connectivity index (χ0) is 15.1. The van der Waals surface area contributed by atoms with Crippen LogP contribution in [0, 0.1) is 39.0 Å². The molecule has 0 saturated carbocycles. The van der Waals surface area contributed by atoms with Crippen LogP contribution < -0.4 is 0 Å². The summed E-state index contributed by atoms with van der Waals surface area (Å²) in [6.45, 7) is 7.66. The largest absolute Gasteiger partial charge is 0.296 e. The Morgan fingerprint density at radius 2 is 1.50 bits per heavy atom. The monoisotopic (exact) mass is 267 g/mol. The highest BCUT2D eigenvalue weighted by Gasteiger charge is 1.94. The lowest BCUT2D eigenvalue weighted by molar-refractivity contribution is 0.111. The van der Waals surface area contributed by atoms with E-state index < -0.39 is 0 Å². The van der Waals surface area contributed by atoms with Crippen molar-refractivity contribution in [3.8, 4) is 6.07 Å². The summed E-state index contributed by atoms with van der Waals surface area (Å²) < 4.78 is 0. The van der Waals surface area contributed by atoms with Crippen molar-refractivity contribution in [1.29, 1.82) is 5.26 Å². The Morgan fingerprint density at radius 3 is 1.95 bits per heavy atom. The summed E-state index contributed by atoms with van der Waals surface area (Å²) in [5, 5.41) is 8.47. The van der Waals surface area contributed by atoms with Gasteiger partial charge in [0.15, 0.2) is 6.29 Å². The van der Waals surface area contributed by atoms with Gasteiger partial charge >= 0.3 is 0 Å². The van der Waals surface area contributed by atoms with Gasteiger partial charge < -0.3 is 0 Å². The van der Waals surface area contributed by atoms with Gasteiger partial charge in [-0.2, -0.15) is 5.26 Å². The Hall–Kier alpha value is -2.54. The zero-order valence-corrected chi connectivity index (χ0v) is 12.1. The van der Waals surface area contributed by atoms with E-state index >= 15 is 0 Å². The van der Waals surface area contributed by atoms with Crippen molar-refractivity contribution in [2.24, 2.45) is 0 Å². The van der Waals surface area contributed by atoms with Gasteiger partial charge in [-0.3, -0.25) is 9.78 Å². The molecule has 0 aliphatic heterocycles. The third-order valence-corrected chi connectivity index (χ3v) is 2.45. The van der Waals surface area contributed by atoms with E-state index in [-0.39, 0.29) is 0 Å². The standard InChI is InChI=1S/C8H8N2.C8H9NO/c1-6-3-7(2)10-8(4-6)5-9;1-6-3-7(2)9-8(4-6)5-10/h3-4H,1-2H3;3-5H,1-2H3. The maximum Gasteiger partial charge on any atom is 0.168 e. The lowest BCUT2D eigenvalue weighted by Crippen LogP contribution is -1.90. The van der Waals surface area contributed by atoms with Crippen LogP contribution >= 0.6 is 0 Å². The Kier molecular flexibility index (Phi) is 5.55. The van der Waals surface area contributed by atoms with E-state index in [0.717, 1.165) is 28.8 Å². The molecule has 0 aliphatic carbocycles. The highest BCUT2D eigenvalue weighted by molar-refractivity contribution is 5.72. The normalized spacial score (nSPS) is 9.15. The molecule has 0 unspecified atom stereocenters. The van der Waals surface area contributed by atoms with E-state index in [4.69, 9.17) is 5.26 Å². The number of pyridine rings is 2. The molecule has 0 aliphatic rings. The highest BCUT2D eigenvalue weighted by Crippen LogP contribution is 2.02. The molecule has 20 heavy (non-hydrogen) atoms. The minimum absolute atomic E-state index is 0.498. The van der Waals surface area contributed by atoms with E-state index in [1.54, 1.807) is 12.1 Å². The molecule has 0 saturated heterocycles. The summed E-state index contributed by atoms with van der Waals surface area (Å²) in [5.41, 5.74) is 4.97. The second kappa shape index (κ2) is 7.15. The number of aldehydes is 1. The van der Waals surface area contributed by atoms with Gasteiger partial charge in [0.05, 0.1) is 0 Å². The smallest absolute Gasteiger partial charge is 0.168 e. The molecule has 4 heteroatoms. The van der Waals surface area contributed by atoms with E-state index in [9.17, 15) is 4.79 Å². The fourth-order valence-corrected chi connectivity index (χ4v) is 1.83. The number of rotatable bonds is 1. The molecule has 0 bridgehead atoms. The maximum atomic E-state index is 10.2. The Balaban J connectivity index is 0.000000200. The molecule has 0 radical (unpaired) electrons. The molecule has 0 atom stereocenters. The molecule has 0 fully saturated rings. The maximum absolute atomic E-state index is 10.2. The number of hydrogen-bond acceptors (Lipinski definition) is 4. The predicted molar refractivity (Wildman–Crippen MR) is 77.5 cm³/mol. The first-order valence-corrected chi connectivity index (χ1v) is 6.20. The molecule has 0 N–H and O–H groups in total. The Labute approximate surface area is 119 Å². The van der Waals surface area contributed by atoms with Crippen LogP contribution in [0.3, 0.4) is 0 Å². The number of aryl methyl sites for hydroxylation is 4. The van der Waals surface area contributed by atoms with Crippen LogP contribution in [0.5, 0.6) is 0 Å². The van der Waals surface area contributed by atoms with Gasteiger partial charge in [-0.1, -0.05) is 0 Å². The van der Waals surface area contributed by atoms with Crippen LogP contribution in [-0.2, 0) is 0 Å². The first kappa shape index (κ1) is 15.5. The average Bonchev–Trinajstić information content (AvgIpc) is 2.37. The molecule has 2 aromatic heterocycles. The number of carbonyl (C=O) groups is 1. The van der Waals surface area contributed by atoms with Crippen LogP contribution in [0.1, 0.15) is 38.7 Å². The zero-order valence-electron chi connectivity index (χ0n) is 12.1. The van der Waals surface area contributed by atoms with E-state index in [0.29, 0.717) is 11.4 Å². The third kappa shape index (κ3) is 4.99. The van der Waals surface area contributed by atoms with Crippen molar-refractivity contribution in [3.05, 3.63) is 58.2 Å². The highest BCUT2D eigenvalue weighted by atomic mass is 16.1. The van der Waals surface area contributed by atoms with Gasteiger partial charge in [0, 0.05) is 11.4 Å². The second-order valence-corrected chi connectivity index (χ2v) is 4.61. The van der Waals surface area contributed by atoms with Crippen molar-refractivity contribution in [1.82, 2.24) is 9.97 Å². The van der Waals surface area contributed by atoms with Crippen molar-refractivity contribution in [2.45, 2.75) is 27.7 Å².